The number of aromatic nitrogens is 2. The average Bonchev–Trinajstić information content (AvgIpc) is 3.54. The minimum Gasteiger partial charge on any atom is -0.507 e. The highest BCUT2D eigenvalue weighted by Gasteiger charge is 2.46. The number of ketones is 1. The van der Waals surface area contributed by atoms with E-state index in [1.54, 1.807) is 55.0 Å². The van der Waals surface area contributed by atoms with Gasteiger partial charge in [-0.1, -0.05) is 24.8 Å². The van der Waals surface area contributed by atoms with Crippen molar-refractivity contribution >= 4 is 17.4 Å². The van der Waals surface area contributed by atoms with Crippen molar-refractivity contribution < 1.29 is 28.9 Å². The van der Waals surface area contributed by atoms with E-state index in [4.69, 9.17) is 14.2 Å². The molecule has 1 unspecified atom stereocenters. The van der Waals surface area contributed by atoms with Crippen molar-refractivity contribution in [3.8, 4) is 17.2 Å². The topological polar surface area (TPSA) is 103 Å². The van der Waals surface area contributed by atoms with Crippen LogP contribution in [0, 0.1) is 0 Å². The number of aliphatic hydroxyl groups is 1. The summed E-state index contributed by atoms with van der Waals surface area (Å²) in [7, 11) is 0. The fourth-order valence-corrected chi connectivity index (χ4v) is 4.58. The number of imidazole rings is 1. The fraction of sp³-hybridized carbons (Fsp3) is 0.250. The first-order valence-electron chi connectivity index (χ1n) is 12.0. The number of fused-ring (bicyclic) bond motifs is 1. The number of ether oxygens (including phenoxy) is 3. The average molecular weight is 502 g/mol. The maximum absolute atomic E-state index is 13.3. The summed E-state index contributed by atoms with van der Waals surface area (Å²) in [5.74, 6) is -0.0623. The van der Waals surface area contributed by atoms with Gasteiger partial charge in [-0.25, -0.2) is 4.98 Å². The van der Waals surface area contributed by atoms with Crippen molar-refractivity contribution in [2.45, 2.75) is 19.0 Å². The van der Waals surface area contributed by atoms with Gasteiger partial charge in [-0.2, -0.15) is 0 Å². The minimum atomic E-state index is -0.789. The molecule has 0 saturated carbocycles. The van der Waals surface area contributed by atoms with Crippen LogP contribution >= 0.6 is 0 Å². The molecule has 0 radical (unpaired) electrons. The van der Waals surface area contributed by atoms with Crippen molar-refractivity contribution in [3.05, 3.63) is 90.5 Å². The van der Waals surface area contributed by atoms with Gasteiger partial charge in [0.15, 0.2) is 11.5 Å². The number of amides is 1. The molecule has 37 heavy (non-hydrogen) atoms. The number of aryl methyl sites for hydroxylation is 1. The highest BCUT2D eigenvalue weighted by atomic mass is 16.6. The highest BCUT2D eigenvalue weighted by molar-refractivity contribution is 6.46. The molecule has 1 saturated heterocycles. The summed E-state index contributed by atoms with van der Waals surface area (Å²) in [6, 6.07) is 11.3. The van der Waals surface area contributed by atoms with Crippen LogP contribution in [0.3, 0.4) is 0 Å². The number of Topliss-reactive ketones (excluding diaryl/α,β-unsaturated/α-hetero) is 1. The van der Waals surface area contributed by atoms with E-state index in [2.05, 4.69) is 11.6 Å². The van der Waals surface area contributed by atoms with Crippen LogP contribution in [0.2, 0.25) is 0 Å². The number of aliphatic hydroxyl groups excluding tert-OH is 1. The third kappa shape index (κ3) is 4.93. The van der Waals surface area contributed by atoms with Crippen LogP contribution in [0.4, 0.5) is 0 Å². The molecule has 190 valence electrons. The highest BCUT2D eigenvalue weighted by Crippen LogP contribution is 2.41. The molecule has 9 heteroatoms. The van der Waals surface area contributed by atoms with Gasteiger partial charge < -0.3 is 28.8 Å². The van der Waals surface area contributed by atoms with Gasteiger partial charge >= 0.3 is 0 Å². The SMILES string of the molecule is C=CCOc1cccc(C2/C(=C(/O)c3ccc4c(c3)OCCO4)C(=O)C(=O)N2CCCn2ccnc2)c1. The Morgan fingerprint density at radius 3 is 2.76 bits per heavy atom. The first kappa shape index (κ1) is 24.2. The number of carbonyl (C=O) groups is 2. The molecule has 1 aromatic heterocycles. The van der Waals surface area contributed by atoms with Crippen LogP contribution in [0.15, 0.2) is 79.4 Å². The molecule has 3 heterocycles. The Hall–Kier alpha value is -4.53. The van der Waals surface area contributed by atoms with Gasteiger partial charge in [0.1, 0.15) is 31.3 Å². The lowest BCUT2D eigenvalue weighted by molar-refractivity contribution is -0.139. The predicted molar refractivity (Wildman–Crippen MR) is 135 cm³/mol. The molecule has 2 aliphatic heterocycles. The molecule has 1 N–H and O–H groups in total. The van der Waals surface area contributed by atoms with E-state index >= 15 is 0 Å². The lowest BCUT2D eigenvalue weighted by Gasteiger charge is -2.26. The predicted octanol–water partition coefficient (Wildman–Crippen LogP) is 3.73. The Labute approximate surface area is 214 Å². The number of hydrogen-bond donors (Lipinski definition) is 1. The zero-order valence-corrected chi connectivity index (χ0v) is 20.2. The maximum atomic E-state index is 13.3. The van der Waals surface area contributed by atoms with Crippen LogP contribution in [-0.2, 0) is 16.1 Å². The lowest BCUT2D eigenvalue weighted by atomic mass is 9.95. The third-order valence-electron chi connectivity index (χ3n) is 6.27. The Bertz CT molecular complexity index is 1350. The fourth-order valence-electron chi connectivity index (χ4n) is 4.58. The quantitative estimate of drug-likeness (QED) is 0.206. The van der Waals surface area contributed by atoms with Gasteiger partial charge in [0.25, 0.3) is 11.7 Å². The van der Waals surface area contributed by atoms with Gasteiger partial charge in [0, 0.05) is 31.0 Å². The van der Waals surface area contributed by atoms with Gasteiger partial charge in [-0.15, -0.1) is 0 Å². The molecule has 3 aromatic rings. The van der Waals surface area contributed by atoms with Crippen molar-refractivity contribution in [1.82, 2.24) is 14.5 Å². The molecule has 0 aliphatic carbocycles. The number of likely N-dealkylation sites (tertiary alicyclic amines) is 1. The Kier molecular flexibility index (Phi) is 6.93. The number of benzene rings is 2. The minimum absolute atomic E-state index is 0.0187. The zero-order valence-electron chi connectivity index (χ0n) is 20.2. The summed E-state index contributed by atoms with van der Waals surface area (Å²) in [5.41, 5.74) is 1.04. The smallest absolute Gasteiger partial charge is 0.295 e. The van der Waals surface area contributed by atoms with E-state index in [0.717, 1.165) is 0 Å². The Morgan fingerprint density at radius 1 is 1.14 bits per heavy atom. The van der Waals surface area contributed by atoms with Crippen LogP contribution < -0.4 is 14.2 Å². The first-order valence-corrected chi connectivity index (χ1v) is 12.0. The van der Waals surface area contributed by atoms with Crippen molar-refractivity contribution in [2.24, 2.45) is 0 Å². The number of hydrogen-bond acceptors (Lipinski definition) is 7. The van der Waals surface area contributed by atoms with Gasteiger partial charge in [0.05, 0.1) is 17.9 Å². The number of nitrogens with zero attached hydrogens (tertiary/aromatic N) is 3. The van der Waals surface area contributed by atoms with Crippen molar-refractivity contribution in [3.63, 3.8) is 0 Å². The van der Waals surface area contributed by atoms with E-state index in [1.165, 1.54) is 4.90 Å². The summed E-state index contributed by atoms with van der Waals surface area (Å²) in [6.45, 7) is 5.74. The van der Waals surface area contributed by atoms with Gasteiger partial charge in [0.2, 0.25) is 0 Å². The second-order valence-corrected chi connectivity index (χ2v) is 8.68. The monoisotopic (exact) mass is 501 g/mol. The van der Waals surface area contributed by atoms with Gasteiger partial charge in [-0.05, 0) is 42.3 Å². The molecule has 5 rings (SSSR count). The molecular formula is C28H27N3O6. The summed E-state index contributed by atoms with van der Waals surface area (Å²) < 4.78 is 18.8. The second kappa shape index (κ2) is 10.6. The zero-order chi connectivity index (χ0) is 25.8. The third-order valence-corrected chi connectivity index (χ3v) is 6.27. The number of carbonyl (C=O) groups excluding carboxylic acids is 2. The maximum Gasteiger partial charge on any atom is 0.295 e. The van der Waals surface area contributed by atoms with Crippen LogP contribution in [0.1, 0.15) is 23.6 Å². The van der Waals surface area contributed by atoms with E-state index in [1.807, 2.05) is 16.8 Å². The first-order chi connectivity index (χ1) is 18.1. The summed E-state index contributed by atoms with van der Waals surface area (Å²) in [4.78, 5) is 32.1. The van der Waals surface area contributed by atoms with Crippen LogP contribution in [0.25, 0.3) is 5.76 Å². The lowest BCUT2D eigenvalue weighted by Crippen LogP contribution is -2.31. The van der Waals surface area contributed by atoms with Gasteiger partial charge in [-0.3, -0.25) is 9.59 Å². The molecule has 0 spiro atoms. The molecule has 1 amide bonds. The van der Waals surface area contributed by atoms with E-state index in [9.17, 15) is 14.7 Å². The van der Waals surface area contributed by atoms with E-state index in [0.29, 0.717) is 67.7 Å². The Morgan fingerprint density at radius 2 is 1.97 bits per heavy atom. The molecule has 0 bridgehead atoms. The summed E-state index contributed by atoms with van der Waals surface area (Å²) in [6.07, 6.45) is 7.46. The second-order valence-electron chi connectivity index (χ2n) is 8.68. The standard InChI is InChI=1S/C28H27N3O6/c1-2-13-35-21-6-3-5-19(16-21)25-24(26(32)20-7-8-22-23(17-20)37-15-14-36-22)27(33)28(34)31(25)11-4-10-30-12-9-29-18-30/h2-3,5-9,12,16-18,25,32H,1,4,10-11,13-15H2/b26-24-. The van der Waals surface area contributed by atoms with Crippen molar-refractivity contribution in [1.29, 1.82) is 0 Å². The van der Waals surface area contributed by atoms with Crippen LogP contribution in [0.5, 0.6) is 17.2 Å². The molecule has 2 aromatic carbocycles. The molecule has 9 nitrogen and oxygen atoms in total. The molecule has 1 atom stereocenters. The normalized spacial score (nSPS) is 18.2. The molecule has 1 fully saturated rings. The Balaban J connectivity index is 1.54. The molecule has 2 aliphatic rings. The molecular weight excluding hydrogens is 474 g/mol. The summed E-state index contributed by atoms with van der Waals surface area (Å²) in [5, 5.41) is 11.4. The van der Waals surface area contributed by atoms with Crippen molar-refractivity contribution in [2.75, 3.05) is 26.4 Å². The van der Waals surface area contributed by atoms with E-state index in [-0.39, 0.29) is 11.3 Å². The number of rotatable bonds is 9. The van der Waals surface area contributed by atoms with Crippen LogP contribution in [-0.4, -0.2) is 57.6 Å². The summed E-state index contributed by atoms with van der Waals surface area (Å²) >= 11 is 0. The largest absolute Gasteiger partial charge is 0.507 e. The van der Waals surface area contributed by atoms with E-state index < -0.39 is 17.7 Å².